The van der Waals surface area contributed by atoms with E-state index in [-0.39, 0.29) is 18.3 Å². The van der Waals surface area contributed by atoms with Crippen LogP contribution in [0.15, 0.2) is 42.7 Å². The maximum absolute atomic E-state index is 12.6. The lowest BCUT2D eigenvalue weighted by atomic mass is 10.0. The number of piperazine rings is 1. The Balaban J connectivity index is 1.37. The minimum atomic E-state index is -0.480. The van der Waals surface area contributed by atoms with Crippen LogP contribution < -0.4 is 4.90 Å². The molecule has 7 nitrogen and oxygen atoms in total. The van der Waals surface area contributed by atoms with Crippen LogP contribution in [0.3, 0.4) is 0 Å². The fourth-order valence-electron chi connectivity index (χ4n) is 3.27. The second kappa shape index (κ2) is 6.51. The Kier molecular flexibility index (Phi) is 4.05. The van der Waals surface area contributed by atoms with Crippen molar-refractivity contribution in [3.05, 3.63) is 53.9 Å². The van der Waals surface area contributed by atoms with Crippen molar-refractivity contribution in [3.8, 4) is 0 Å². The molecule has 7 heteroatoms. The molecule has 128 valence electrons. The van der Waals surface area contributed by atoms with E-state index >= 15 is 0 Å². The van der Waals surface area contributed by atoms with Crippen LogP contribution in [0, 0.1) is 0 Å². The summed E-state index contributed by atoms with van der Waals surface area (Å²) in [5.74, 6) is 0.343. The van der Waals surface area contributed by atoms with Gasteiger partial charge in [-0.05, 0) is 12.1 Å². The zero-order chi connectivity index (χ0) is 17.2. The van der Waals surface area contributed by atoms with Gasteiger partial charge in [0.05, 0.1) is 12.0 Å². The molecular weight excluding hydrogens is 320 g/mol. The Labute approximate surface area is 145 Å². The van der Waals surface area contributed by atoms with E-state index in [2.05, 4.69) is 14.9 Å². The third-order valence-corrected chi connectivity index (χ3v) is 4.60. The Morgan fingerprint density at radius 1 is 1.08 bits per heavy atom. The molecule has 0 N–H and O–H groups in total. The smallest absolute Gasteiger partial charge is 0.339 e. The maximum atomic E-state index is 12.6. The molecule has 0 radical (unpaired) electrons. The van der Waals surface area contributed by atoms with Crippen molar-refractivity contribution in [1.82, 2.24) is 14.9 Å². The van der Waals surface area contributed by atoms with Crippen LogP contribution in [-0.4, -0.2) is 52.9 Å². The van der Waals surface area contributed by atoms with E-state index < -0.39 is 6.10 Å². The molecule has 2 aliphatic rings. The summed E-state index contributed by atoms with van der Waals surface area (Å²) < 4.78 is 5.37. The van der Waals surface area contributed by atoms with Gasteiger partial charge in [0, 0.05) is 44.1 Å². The highest BCUT2D eigenvalue weighted by Crippen LogP contribution is 2.33. The van der Waals surface area contributed by atoms with Crippen LogP contribution in [0.25, 0.3) is 0 Å². The number of fused-ring (bicyclic) bond motifs is 1. The first-order chi connectivity index (χ1) is 12.2. The van der Waals surface area contributed by atoms with Crippen LogP contribution >= 0.6 is 0 Å². The second-order valence-corrected chi connectivity index (χ2v) is 6.10. The fourth-order valence-corrected chi connectivity index (χ4v) is 3.27. The number of esters is 1. The number of ether oxygens (including phenoxy) is 1. The molecule has 2 aromatic rings. The average molecular weight is 338 g/mol. The summed E-state index contributed by atoms with van der Waals surface area (Å²) in [5, 5.41) is 0. The number of nitrogens with zero attached hydrogens (tertiary/aromatic N) is 4. The first-order valence-electron chi connectivity index (χ1n) is 8.32. The highest BCUT2D eigenvalue weighted by atomic mass is 16.5. The number of carbonyl (C=O) groups is 2. The van der Waals surface area contributed by atoms with Crippen molar-refractivity contribution < 1.29 is 14.3 Å². The Morgan fingerprint density at radius 2 is 1.80 bits per heavy atom. The number of hydrogen-bond acceptors (Lipinski definition) is 6. The van der Waals surface area contributed by atoms with Gasteiger partial charge in [-0.25, -0.2) is 14.8 Å². The normalized spacial score (nSPS) is 19.5. The van der Waals surface area contributed by atoms with E-state index in [9.17, 15) is 9.59 Å². The number of cyclic esters (lactones) is 1. The lowest BCUT2D eigenvalue weighted by molar-refractivity contribution is -0.133. The zero-order valence-electron chi connectivity index (χ0n) is 13.7. The van der Waals surface area contributed by atoms with Crippen LogP contribution in [0.4, 0.5) is 5.95 Å². The van der Waals surface area contributed by atoms with Crippen LogP contribution in [0.1, 0.15) is 28.4 Å². The topological polar surface area (TPSA) is 75.6 Å². The molecule has 1 saturated heterocycles. The number of carbonyl (C=O) groups excluding carboxylic acids is 2. The van der Waals surface area contributed by atoms with Crippen molar-refractivity contribution in [2.75, 3.05) is 31.1 Å². The molecule has 1 aromatic carbocycles. The van der Waals surface area contributed by atoms with Gasteiger partial charge in [-0.2, -0.15) is 0 Å². The quantitative estimate of drug-likeness (QED) is 0.788. The average Bonchev–Trinajstić information content (AvgIpc) is 2.98. The standard InChI is InChI=1S/C18H18N4O3/c23-16(12-15-13-4-1-2-5-14(13)17(24)25-15)21-8-10-22(11-9-21)18-19-6-3-7-20-18/h1-7,15H,8-12H2/t15-/m1/s1. The van der Waals surface area contributed by atoms with Gasteiger partial charge in [0.25, 0.3) is 0 Å². The minimum Gasteiger partial charge on any atom is -0.453 e. The number of rotatable bonds is 3. The summed E-state index contributed by atoms with van der Waals surface area (Å²) in [6.45, 7) is 2.60. The van der Waals surface area contributed by atoms with Gasteiger partial charge in [0.15, 0.2) is 0 Å². The van der Waals surface area contributed by atoms with Crippen molar-refractivity contribution in [2.24, 2.45) is 0 Å². The SMILES string of the molecule is O=C1O[C@H](CC(=O)N2CCN(c3ncccn3)CC2)c2ccccc21. The minimum absolute atomic E-state index is 0.00290. The molecule has 2 aliphatic heterocycles. The molecule has 1 fully saturated rings. The number of hydrogen-bond donors (Lipinski definition) is 0. The molecule has 25 heavy (non-hydrogen) atoms. The molecule has 1 aromatic heterocycles. The summed E-state index contributed by atoms with van der Waals surface area (Å²) in [6.07, 6.45) is 3.13. The van der Waals surface area contributed by atoms with E-state index in [0.29, 0.717) is 37.7 Å². The van der Waals surface area contributed by atoms with Crippen LogP contribution in [0.5, 0.6) is 0 Å². The first-order valence-corrected chi connectivity index (χ1v) is 8.32. The summed E-state index contributed by atoms with van der Waals surface area (Å²) in [5.41, 5.74) is 1.36. The van der Waals surface area contributed by atoms with Crippen molar-refractivity contribution in [3.63, 3.8) is 0 Å². The van der Waals surface area contributed by atoms with Gasteiger partial charge in [-0.1, -0.05) is 18.2 Å². The number of anilines is 1. The third-order valence-electron chi connectivity index (χ3n) is 4.60. The van der Waals surface area contributed by atoms with Gasteiger partial charge in [-0.15, -0.1) is 0 Å². The maximum Gasteiger partial charge on any atom is 0.339 e. The van der Waals surface area contributed by atoms with E-state index in [0.717, 1.165) is 5.56 Å². The summed E-state index contributed by atoms with van der Waals surface area (Å²) in [6, 6.07) is 9.03. The molecule has 0 aliphatic carbocycles. The van der Waals surface area contributed by atoms with Crippen molar-refractivity contribution >= 4 is 17.8 Å². The monoisotopic (exact) mass is 338 g/mol. The number of aromatic nitrogens is 2. The highest BCUT2D eigenvalue weighted by Gasteiger charge is 2.34. The van der Waals surface area contributed by atoms with Gasteiger partial charge in [0.1, 0.15) is 6.10 Å². The van der Waals surface area contributed by atoms with E-state index in [1.807, 2.05) is 17.0 Å². The zero-order valence-corrected chi connectivity index (χ0v) is 13.7. The second-order valence-electron chi connectivity index (χ2n) is 6.10. The Bertz CT molecular complexity index is 788. The molecule has 4 rings (SSSR count). The third kappa shape index (κ3) is 3.05. The lowest BCUT2D eigenvalue weighted by Gasteiger charge is -2.35. The van der Waals surface area contributed by atoms with Gasteiger partial charge in [-0.3, -0.25) is 4.79 Å². The van der Waals surface area contributed by atoms with Gasteiger partial charge in [0.2, 0.25) is 11.9 Å². The highest BCUT2D eigenvalue weighted by molar-refractivity contribution is 5.94. The van der Waals surface area contributed by atoms with Crippen LogP contribution in [0.2, 0.25) is 0 Å². The molecule has 0 bridgehead atoms. The molecule has 0 spiro atoms. The van der Waals surface area contributed by atoms with Gasteiger partial charge >= 0.3 is 5.97 Å². The fraction of sp³-hybridized carbons (Fsp3) is 0.333. The molecule has 1 amide bonds. The van der Waals surface area contributed by atoms with E-state index in [1.165, 1.54) is 0 Å². The molecular formula is C18H18N4O3. The molecule has 0 saturated carbocycles. The molecule has 0 unspecified atom stereocenters. The Morgan fingerprint density at radius 3 is 2.56 bits per heavy atom. The summed E-state index contributed by atoms with van der Waals surface area (Å²) >= 11 is 0. The Hall–Kier alpha value is -2.96. The summed E-state index contributed by atoms with van der Waals surface area (Å²) in [4.78, 5) is 36.8. The van der Waals surface area contributed by atoms with E-state index in [1.54, 1.807) is 30.6 Å². The molecule has 1 atom stereocenters. The number of amides is 1. The van der Waals surface area contributed by atoms with E-state index in [4.69, 9.17) is 4.74 Å². The predicted octanol–water partition coefficient (Wildman–Crippen LogP) is 1.43. The van der Waals surface area contributed by atoms with Crippen molar-refractivity contribution in [1.29, 1.82) is 0 Å². The molecule has 3 heterocycles. The predicted molar refractivity (Wildman–Crippen MR) is 90.0 cm³/mol. The number of benzene rings is 1. The lowest BCUT2D eigenvalue weighted by Crippen LogP contribution is -2.49. The van der Waals surface area contributed by atoms with Crippen LogP contribution in [-0.2, 0) is 9.53 Å². The van der Waals surface area contributed by atoms with Gasteiger partial charge < -0.3 is 14.5 Å². The first kappa shape index (κ1) is 15.6. The van der Waals surface area contributed by atoms with Crippen molar-refractivity contribution in [2.45, 2.75) is 12.5 Å². The summed E-state index contributed by atoms with van der Waals surface area (Å²) in [7, 11) is 0. The largest absolute Gasteiger partial charge is 0.453 e.